The van der Waals surface area contributed by atoms with E-state index in [1.807, 2.05) is 13.8 Å². The summed E-state index contributed by atoms with van der Waals surface area (Å²) < 4.78 is 0. The molecule has 2 rings (SSSR count). The first kappa shape index (κ1) is 9.11. The average Bonchev–Trinajstić information content (AvgIpc) is 2.48. The van der Waals surface area contributed by atoms with E-state index < -0.39 is 0 Å². The molecule has 0 unspecified atom stereocenters. The van der Waals surface area contributed by atoms with Crippen LogP contribution in [0.2, 0.25) is 0 Å². The van der Waals surface area contributed by atoms with Crippen LogP contribution in [-0.2, 0) is 0 Å². The van der Waals surface area contributed by atoms with Crippen LogP contribution >= 0.6 is 0 Å². The van der Waals surface area contributed by atoms with Crippen LogP contribution in [0.25, 0.3) is 12.2 Å². The minimum Gasteiger partial charge on any atom is -0.359 e. The fourth-order valence-electron chi connectivity index (χ4n) is 1.44. The third-order valence-corrected chi connectivity index (χ3v) is 1.89. The van der Waals surface area contributed by atoms with Crippen LogP contribution in [0.4, 0.5) is 0 Å². The number of nitrogens with one attached hydrogen (secondary N) is 1. The summed E-state index contributed by atoms with van der Waals surface area (Å²) in [6, 6.07) is 2.20. The molecular formula is C11H17N. The van der Waals surface area contributed by atoms with Crippen molar-refractivity contribution in [2.75, 3.05) is 0 Å². The van der Waals surface area contributed by atoms with Gasteiger partial charge in [0.05, 0.1) is 0 Å². The Balaban J connectivity index is 0.000000336. The molecule has 1 aromatic rings. The number of aryl methyl sites for hydroxylation is 1. The summed E-state index contributed by atoms with van der Waals surface area (Å²) in [7, 11) is 0. The number of fused-ring (bicyclic) bond motifs is 1. The first-order chi connectivity index (χ1) is 5.86. The minimum absolute atomic E-state index is 1.19. The Morgan fingerprint density at radius 1 is 1.17 bits per heavy atom. The van der Waals surface area contributed by atoms with Gasteiger partial charge in [-0.2, -0.15) is 0 Å². The van der Waals surface area contributed by atoms with Crippen LogP contribution in [0.1, 0.15) is 32.4 Å². The second-order valence-corrected chi connectivity index (χ2v) is 2.81. The highest BCUT2D eigenvalue weighted by Gasteiger charge is 1.94. The predicted molar refractivity (Wildman–Crippen MR) is 54.3 cm³/mol. The first-order valence-corrected chi connectivity index (χ1v) is 4.72. The van der Waals surface area contributed by atoms with E-state index in [0.29, 0.717) is 0 Å². The second-order valence-electron chi connectivity index (χ2n) is 2.81. The molecule has 12 heavy (non-hydrogen) atoms. The molecule has 1 aromatic heterocycles. The Morgan fingerprint density at radius 3 is 2.50 bits per heavy atom. The van der Waals surface area contributed by atoms with E-state index in [1.54, 1.807) is 0 Å². The maximum atomic E-state index is 3.31. The van der Waals surface area contributed by atoms with Gasteiger partial charge in [-0.05, 0) is 31.1 Å². The van der Waals surface area contributed by atoms with Gasteiger partial charge < -0.3 is 4.98 Å². The molecule has 0 amide bonds. The summed E-state index contributed by atoms with van der Waals surface area (Å²) in [5.74, 6) is 0. The molecule has 0 bridgehead atoms. The molecule has 66 valence electrons. The molecule has 0 saturated heterocycles. The van der Waals surface area contributed by atoms with Crippen LogP contribution in [0, 0.1) is 6.92 Å². The lowest BCUT2D eigenvalue weighted by Crippen LogP contribution is -2.23. The number of rotatable bonds is 0. The molecule has 1 N–H and O–H groups in total. The quantitative estimate of drug-likeness (QED) is 0.599. The van der Waals surface area contributed by atoms with Crippen LogP contribution in [0.3, 0.4) is 0 Å². The lowest BCUT2D eigenvalue weighted by molar-refractivity contribution is 1.10. The average molecular weight is 163 g/mol. The predicted octanol–water partition coefficient (Wildman–Crippen LogP) is 1.70. The van der Waals surface area contributed by atoms with Gasteiger partial charge >= 0.3 is 0 Å². The third-order valence-electron chi connectivity index (χ3n) is 1.89. The highest BCUT2D eigenvalue weighted by Crippen LogP contribution is 1.94. The summed E-state index contributed by atoms with van der Waals surface area (Å²) in [5.41, 5.74) is 1.26. The van der Waals surface area contributed by atoms with E-state index >= 15 is 0 Å². The zero-order valence-electron chi connectivity index (χ0n) is 8.15. The van der Waals surface area contributed by atoms with Crippen molar-refractivity contribution in [3.63, 3.8) is 0 Å². The zero-order valence-corrected chi connectivity index (χ0v) is 8.15. The van der Waals surface area contributed by atoms with Crippen molar-refractivity contribution in [2.45, 2.75) is 33.6 Å². The molecule has 0 atom stereocenters. The second kappa shape index (κ2) is 4.15. The van der Waals surface area contributed by atoms with Crippen LogP contribution in [0.15, 0.2) is 6.07 Å². The van der Waals surface area contributed by atoms with Gasteiger partial charge in [0.15, 0.2) is 0 Å². The lowest BCUT2D eigenvalue weighted by atomic mass is 10.2. The van der Waals surface area contributed by atoms with Gasteiger partial charge in [-0.25, -0.2) is 0 Å². The molecule has 1 aliphatic carbocycles. The van der Waals surface area contributed by atoms with Gasteiger partial charge in [0.25, 0.3) is 0 Å². The highest BCUT2D eigenvalue weighted by atomic mass is 14.7. The fraction of sp³-hybridized carbons (Fsp3) is 0.455. The van der Waals surface area contributed by atoms with Crippen LogP contribution in [0.5, 0.6) is 0 Å². The van der Waals surface area contributed by atoms with Gasteiger partial charge in [-0.1, -0.05) is 26.0 Å². The maximum Gasteiger partial charge on any atom is 0.0412 e. The van der Waals surface area contributed by atoms with Crippen LogP contribution in [-0.4, -0.2) is 4.98 Å². The summed E-state index contributed by atoms with van der Waals surface area (Å²) in [6.45, 7) is 6.10. The largest absolute Gasteiger partial charge is 0.359 e. The first-order valence-electron chi connectivity index (χ1n) is 4.72. The van der Waals surface area contributed by atoms with Crippen molar-refractivity contribution >= 4 is 12.2 Å². The Kier molecular flexibility index (Phi) is 3.15. The van der Waals surface area contributed by atoms with E-state index in [2.05, 4.69) is 30.1 Å². The maximum absolute atomic E-state index is 3.31. The number of aromatic nitrogens is 1. The SMILES string of the molecule is CC.Cc1cc2c([nH]1)=CCCC=2. The molecule has 0 radical (unpaired) electrons. The van der Waals surface area contributed by atoms with E-state index in [9.17, 15) is 0 Å². The van der Waals surface area contributed by atoms with E-state index in [4.69, 9.17) is 0 Å². The summed E-state index contributed by atoms with van der Waals surface area (Å²) in [4.78, 5) is 3.31. The Hall–Kier alpha value is -0.980. The van der Waals surface area contributed by atoms with Crippen molar-refractivity contribution in [3.05, 3.63) is 22.3 Å². The zero-order chi connectivity index (χ0) is 8.97. The Labute approximate surface area is 73.8 Å². The molecular weight excluding hydrogens is 146 g/mol. The van der Waals surface area contributed by atoms with Gasteiger partial charge in [-0.15, -0.1) is 0 Å². The Morgan fingerprint density at radius 2 is 1.83 bits per heavy atom. The van der Waals surface area contributed by atoms with Crippen molar-refractivity contribution in [1.82, 2.24) is 4.98 Å². The molecule has 0 fully saturated rings. The summed E-state index contributed by atoms with van der Waals surface area (Å²) >= 11 is 0. The normalized spacial score (nSPS) is 13.2. The van der Waals surface area contributed by atoms with Crippen molar-refractivity contribution < 1.29 is 0 Å². The summed E-state index contributed by atoms with van der Waals surface area (Å²) in [5, 5.41) is 2.69. The topological polar surface area (TPSA) is 15.8 Å². The Bertz CT molecular complexity index is 310. The molecule has 1 nitrogen and oxygen atoms in total. The molecule has 1 aliphatic rings. The highest BCUT2D eigenvalue weighted by molar-refractivity contribution is 5.36. The fourth-order valence-corrected chi connectivity index (χ4v) is 1.44. The van der Waals surface area contributed by atoms with Crippen molar-refractivity contribution in [1.29, 1.82) is 0 Å². The molecule has 1 heterocycles. The van der Waals surface area contributed by atoms with Crippen LogP contribution < -0.4 is 10.6 Å². The van der Waals surface area contributed by atoms with Gasteiger partial charge in [-0.3, -0.25) is 0 Å². The number of hydrogen-bond donors (Lipinski definition) is 1. The van der Waals surface area contributed by atoms with Gasteiger partial charge in [0.2, 0.25) is 0 Å². The molecule has 0 aromatic carbocycles. The van der Waals surface area contributed by atoms with E-state index in [-0.39, 0.29) is 0 Å². The molecule has 0 spiro atoms. The lowest BCUT2D eigenvalue weighted by Gasteiger charge is -1.91. The van der Waals surface area contributed by atoms with Crippen molar-refractivity contribution in [2.24, 2.45) is 0 Å². The van der Waals surface area contributed by atoms with Crippen molar-refractivity contribution in [3.8, 4) is 0 Å². The van der Waals surface area contributed by atoms with E-state index in [1.165, 1.54) is 29.1 Å². The minimum atomic E-state index is 1.19. The number of H-pyrrole nitrogens is 1. The summed E-state index contributed by atoms with van der Waals surface area (Å²) in [6.07, 6.45) is 6.94. The standard InChI is InChI=1S/C9H11N.C2H6/c1-7-6-8-4-2-3-5-9(8)10-7;1-2/h4-6,10H,2-3H2,1H3;1-2H3. The number of aromatic amines is 1. The molecule has 1 heteroatoms. The molecule has 0 saturated carbocycles. The van der Waals surface area contributed by atoms with E-state index in [0.717, 1.165) is 0 Å². The third kappa shape index (κ3) is 1.79. The monoisotopic (exact) mass is 163 g/mol. The van der Waals surface area contributed by atoms with Gasteiger partial charge in [0.1, 0.15) is 0 Å². The number of hydrogen-bond acceptors (Lipinski definition) is 0. The molecule has 0 aliphatic heterocycles. The van der Waals surface area contributed by atoms with Gasteiger partial charge in [0, 0.05) is 11.0 Å². The smallest absolute Gasteiger partial charge is 0.0412 e.